The number of epoxide rings is 1. The molecule has 0 aliphatic carbocycles. The third kappa shape index (κ3) is 2.85. The van der Waals surface area contributed by atoms with Gasteiger partial charge in [0.2, 0.25) is 0 Å². The summed E-state index contributed by atoms with van der Waals surface area (Å²) in [6.45, 7) is 2.06. The lowest BCUT2D eigenvalue weighted by Gasteiger charge is -2.20. The molecule has 0 radical (unpaired) electrons. The molecule has 21 heavy (non-hydrogen) atoms. The highest BCUT2D eigenvalue weighted by Crippen LogP contribution is 2.40. The summed E-state index contributed by atoms with van der Waals surface area (Å²) in [6, 6.07) is 19.2. The summed E-state index contributed by atoms with van der Waals surface area (Å²) < 4.78 is 5.62. The first-order chi connectivity index (χ1) is 10.2. The molecule has 0 bridgehead atoms. The second-order valence-electron chi connectivity index (χ2n) is 5.25. The predicted molar refractivity (Wildman–Crippen MR) is 82.6 cm³/mol. The first-order valence-electron chi connectivity index (χ1n) is 7.25. The highest BCUT2D eigenvalue weighted by molar-refractivity contribution is 5.42. The zero-order valence-corrected chi connectivity index (χ0v) is 12.0. The normalized spacial score (nSPS) is 22.8. The Balaban J connectivity index is 1.96. The van der Waals surface area contributed by atoms with Crippen molar-refractivity contribution >= 4 is 0 Å². The monoisotopic (exact) mass is 278 g/mol. The molecular weight excluding hydrogens is 260 g/mol. The van der Waals surface area contributed by atoms with Crippen LogP contribution in [0, 0.1) is 11.8 Å². The second kappa shape index (κ2) is 5.73. The van der Waals surface area contributed by atoms with E-state index in [4.69, 9.17) is 4.74 Å². The minimum atomic E-state index is -1.25. The highest BCUT2D eigenvalue weighted by Gasteiger charge is 2.53. The SMILES string of the molecule is CCC1OC1C(O)(C#Cc1ccccc1)c1ccccc1. The minimum absolute atomic E-state index is 0.0836. The molecule has 1 aliphatic rings. The zero-order chi connectivity index (χ0) is 14.7. The van der Waals surface area contributed by atoms with Crippen LogP contribution < -0.4 is 0 Å². The molecule has 3 rings (SSSR count). The lowest BCUT2D eigenvalue weighted by Crippen LogP contribution is -2.32. The Labute approximate surface area is 125 Å². The van der Waals surface area contributed by atoms with Crippen LogP contribution in [-0.2, 0) is 10.3 Å². The lowest BCUT2D eigenvalue weighted by atomic mass is 9.88. The van der Waals surface area contributed by atoms with Crippen LogP contribution in [0.25, 0.3) is 0 Å². The Morgan fingerprint density at radius 3 is 2.24 bits per heavy atom. The van der Waals surface area contributed by atoms with Crippen LogP contribution in [0.3, 0.4) is 0 Å². The van der Waals surface area contributed by atoms with Gasteiger partial charge in [0.15, 0.2) is 5.60 Å². The third-order valence-corrected chi connectivity index (χ3v) is 3.78. The molecule has 0 saturated carbocycles. The van der Waals surface area contributed by atoms with E-state index in [0.717, 1.165) is 17.5 Å². The van der Waals surface area contributed by atoms with Gasteiger partial charge in [0, 0.05) is 5.56 Å². The maximum Gasteiger partial charge on any atom is 0.180 e. The van der Waals surface area contributed by atoms with Gasteiger partial charge in [0.05, 0.1) is 6.10 Å². The van der Waals surface area contributed by atoms with Gasteiger partial charge in [-0.3, -0.25) is 0 Å². The van der Waals surface area contributed by atoms with E-state index in [2.05, 4.69) is 18.8 Å². The molecule has 106 valence electrons. The van der Waals surface area contributed by atoms with Crippen LogP contribution in [-0.4, -0.2) is 17.3 Å². The molecule has 1 saturated heterocycles. The fourth-order valence-corrected chi connectivity index (χ4v) is 2.51. The van der Waals surface area contributed by atoms with E-state index in [-0.39, 0.29) is 12.2 Å². The smallest absolute Gasteiger partial charge is 0.180 e. The average molecular weight is 278 g/mol. The Kier molecular flexibility index (Phi) is 3.79. The van der Waals surface area contributed by atoms with Crippen molar-refractivity contribution < 1.29 is 9.84 Å². The largest absolute Gasteiger partial charge is 0.371 e. The van der Waals surface area contributed by atoms with Gasteiger partial charge in [0.25, 0.3) is 0 Å². The summed E-state index contributed by atoms with van der Waals surface area (Å²) in [6.07, 6.45) is 0.716. The molecule has 1 heterocycles. The van der Waals surface area contributed by atoms with Crippen molar-refractivity contribution in [1.29, 1.82) is 0 Å². The molecule has 2 heteroatoms. The van der Waals surface area contributed by atoms with Crippen LogP contribution in [0.4, 0.5) is 0 Å². The van der Waals surface area contributed by atoms with Gasteiger partial charge in [-0.25, -0.2) is 0 Å². The van der Waals surface area contributed by atoms with Gasteiger partial charge in [-0.15, -0.1) is 0 Å². The van der Waals surface area contributed by atoms with Gasteiger partial charge in [-0.05, 0) is 24.1 Å². The second-order valence-corrected chi connectivity index (χ2v) is 5.25. The Morgan fingerprint density at radius 2 is 1.67 bits per heavy atom. The maximum absolute atomic E-state index is 11.1. The van der Waals surface area contributed by atoms with E-state index in [1.807, 2.05) is 60.7 Å². The lowest BCUT2D eigenvalue weighted by molar-refractivity contribution is 0.0655. The summed E-state index contributed by atoms with van der Waals surface area (Å²) in [5, 5.41) is 11.1. The molecule has 1 aliphatic heterocycles. The number of ether oxygens (including phenoxy) is 1. The molecular formula is C19H18O2. The van der Waals surface area contributed by atoms with Gasteiger partial charge in [-0.1, -0.05) is 67.3 Å². The van der Waals surface area contributed by atoms with Crippen molar-refractivity contribution in [2.75, 3.05) is 0 Å². The third-order valence-electron chi connectivity index (χ3n) is 3.78. The van der Waals surface area contributed by atoms with Crippen molar-refractivity contribution in [3.8, 4) is 11.8 Å². The molecule has 2 aromatic carbocycles. The molecule has 1 N–H and O–H groups in total. The Hall–Kier alpha value is -2.08. The standard InChI is InChI=1S/C19H18O2/c1-2-17-18(21-17)19(20,16-11-7-4-8-12-16)14-13-15-9-5-3-6-10-15/h3-12,17-18,20H,2H2,1H3. The van der Waals surface area contributed by atoms with Crippen molar-refractivity contribution in [2.45, 2.75) is 31.2 Å². The Morgan fingerprint density at radius 1 is 1.05 bits per heavy atom. The zero-order valence-electron chi connectivity index (χ0n) is 12.0. The quantitative estimate of drug-likeness (QED) is 0.691. The van der Waals surface area contributed by atoms with Crippen molar-refractivity contribution in [3.05, 3.63) is 71.8 Å². The van der Waals surface area contributed by atoms with Crippen LogP contribution in [0.2, 0.25) is 0 Å². The van der Waals surface area contributed by atoms with Gasteiger partial charge < -0.3 is 9.84 Å². The van der Waals surface area contributed by atoms with Crippen molar-refractivity contribution in [3.63, 3.8) is 0 Å². The molecule has 3 unspecified atom stereocenters. The highest BCUT2D eigenvalue weighted by atomic mass is 16.6. The van der Waals surface area contributed by atoms with E-state index in [0.29, 0.717) is 0 Å². The fourth-order valence-electron chi connectivity index (χ4n) is 2.51. The molecule has 1 fully saturated rings. The molecule has 0 amide bonds. The topological polar surface area (TPSA) is 32.8 Å². The van der Waals surface area contributed by atoms with Gasteiger partial charge in [-0.2, -0.15) is 0 Å². The number of hydrogen-bond donors (Lipinski definition) is 1. The van der Waals surface area contributed by atoms with E-state index in [1.54, 1.807) is 0 Å². The van der Waals surface area contributed by atoms with E-state index < -0.39 is 5.60 Å². The van der Waals surface area contributed by atoms with E-state index in [9.17, 15) is 5.11 Å². The van der Waals surface area contributed by atoms with Crippen molar-refractivity contribution in [1.82, 2.24) is 0 Å². The Bertz CT molecular complexity index is 654. The molecule has 0 spiro atoms. The number of hydrogen-bond acceptors (Lipinski definition) is 2. The van der Waals surface area contributed by atoms with Crippen LogP contribution >= 0.6 is 0 Å². The average Bonchev–Trinajstić information content (AvgIpc) is 3.35. The fraction of sp³-hybridized carbons (Fsp3) is 0.263. The molecule has 3 atom stereocenters. The maximum atomic E-state index is 11.1. The van der Waals surface area contributed by atoms with E-state index in [1.165, 1.54) is 0 Å². The van der Waals surface area contributed by atoms with E-state index >= 15 is 0 Å². The first-order valence-corrected chi connectivity index (χ1v) is 7.25. The van der Waals surface area contributed by atoms with Crippen LogP contribution in [0.5, 0.6) is 0 Å². The first kappa shape index (κ1) is 13.9. The van der Waals surface area contributed by atoms with Crippen LogP contribution in [0.1, 0.15) is 24.5 Å². The van der Waals surface area contributed by atoms with Gasteiger partial charge >= 0.3 is 0 Å². The predicted octanol–water partition coefficient (Wildman–Crippen LogP) is 3.10. The molecule has 2 nitrogen and oxygen atoms in total. The van der Waals surface area contributed by atoms with Gasteiger partial charge in [0.1, 0.15) is 6.10 Å². The number of rotatable bonds is 3. The van der Waals surface area contributed by atoms with Crippen LogP contribution in [0.15, 0.2) is 60.7 Å². The number of benzene rings is 2. The summed E-state index contributed by atoms with van der Waals surface area (Å²) in [4.78, 5) is 0. The summed E-state index contributed by atoms with van der Waals surface area (Å²) in [5.41, 5.74) is 0.424. The van der Waals surface area contributed by atoms with Crippen molar-refractivity contribution in [2.24, 2.45) is 0 Å². The number of aliphatic hydroxyl groups is 1. The summed E-state index contributed by atoms with van der Waals surface area (Å²) >= 11 is 0. The molecule has 2 aromatic rings. The molecule has 0 aromatic heterocycles. The summed E-state index contributed by atoms with van der Waals surface area (Å²) in [7, 11) is 0. The minimum Gasteiger partial charge on any atom is -0.371 e. The summed E-state index contributed by atoms with van der Waals surface area (Å²) in [5.74, 6) is 6.11.